The molecule has 5 heterocycles. The van der Waals surface area contributed by atoms with E-state index in [1.165, 1.54) is 6.92 Å². The first-order valence-electron chi connectivity index (χ1n) is 11.8. The summed E-state index contributed by atoms with van der Waals surface area (Å²) in [6.07, 6.45) is 0.775. The quantitative estimate of drug-likeness (QED) is 0.522. The molecule has 1 amide bonds. The number of hydrogen-bond acceptors (Lipinski definition) is 11. The molecule has 1 unspecified atom stereocenters. The maximum Gasteiger partial charge on any atom is 0.251 e. The number of aliphatic hydroxyl groups excluding tert-OH is 1. The van der Waals surface area contributed by atoms with Crippen molar-refractivity contribution in [3.05, 3.63) is 22.8 Å². The van der Waals surface area contributed by atoms with E-state index in [0.29, 0.717) is 32.3 Å². The van der Waals surface area contributed by atoms with Crippen LogP contribution in [-0.4, -0.2) is 99.3 Å². The average molecular weight is 499 g/mol. The van der Waals surface area contributed by atoms with E-state index >= 15 is 0 Å². The van der Waals surface area contributed by atoms with Crippen molar-refractivity contribution in [2.45, 2.75) is 26.5 Å². The number of fused-ring (bicyclic) bond motifs is 1. The first-order chi connectivity index (χ1) is 16.9. The monoisotopic (exact) mass is 498 g/mol. The Balaban J connectivity index is 1.47. The summed E-state index contributed by atoms with van der Waals surface area (Å²) in [6.45, 7) is 9.62. The third-order valence-electron chi connectivity index (χ3n) is 6.46. The largest absolute Gasteiger partial charge is 0.384 e. The fourth-order valence-corrected chi connectivity index (χ4v) is 5.50. The van der Waals surface area contributed by atoms with E-state index in [1.807, 2.05) is 6.92 Å². The number of piperazine rings is 1. The molecule has 3 aromatic heterocycles. The van der Waals surface area contributed by atoms with E-state index in [1.54, 1.807) is 22.4 Å². The minimum absolute atomic E-state index is 0.209. The molecule has 0 spiro atoms. The lowest BCUT2D eigenvalue weighted by molar-refractivity contribution is -0.141. The summed E-state index contributed by atoms with van der Waals surface area (Å²) in [7, 11) is 0. The second kappa shape index (κ2) is 9.97. The molecule has 3 N–H and O–H groups in total. The summed E-state index contributed by atoms with van der Waals surface area (Å²) >= 11 is 1.62. The Morgan fingerprint density at radius 3 is 2.60 bits per heavy atom. The summed E-state index contributed by atoms with van der Waals surface area (Å²) in [4.78, 5) is 36.9. The lowest BCUT2D eigenvalue weighted by Crippen LogP contribution is -2.50. The van der Waals surface area contributed by atoms with Gasteiger partial charge in [0.1, 0.15) is 6.10 Å². The number of amides is 1. The normalized spacial score (nSPS) is 18.3. The topological polar surface area (TPSA) is 134 Å². The molecule has 0 aliphatic carbocycles. The van der Waals surface area contributed by atoms with Crippen molar-refractivity contribution in [2.24, 2.45) is 0 Å². The number of thiophene rings is 1. The smallest absolute Gasteiger partial charge is 0.251 e. The summed E-state index contributed by atoms with van der Waals surface area (Å²) in [5.41, 5.74) is 10.3. The number of aryl methyl sites for hydroxylation is 1. The highest BCUT2D eigenvalue weighted by molar-refractivity contribution is 7.17. The number of morpholine rings is 1. The maximum atomic E-state index is 12.1. The van der Waals surface area contributed by atoms with E-state index in [9.17, 15) is 9.90 Å². The number of carbonyl (C=O) groups excluding carboxylic acids is 1. The Kier molecular flexibility index (Phi) is 6.78. The minimum Gasteiger partial charge on any atom is -0.384 e. The van der Waals surface area contributed by atoms with Crippen LogP contribution in [0.4, 0.5) is 11.9 Å². The summed E-state index contributed by atoms with van der Waals surface area (Å²) < 4.78 is 6.52. The van der Waals surface area contributed by atoms with Crippen LogP contribution >= 0.6 is 11.3 Å². The molecule has 2 aliphatic heterocycles. The molecule has 11 nitrogen and oxygen atoms in total. The van der Waals surface area contributed by atoms with Gasteiger partial charge >= 0.3 is 0 Å². The second-order valence-electron chi connectivity index (χ2n) is 8.91. The van der Waals surface area contributed by atoms with E-state index in [4.69, 9.17) is 20.4 Å². The molecular weight excluding hydrogens is 468 g/mol. The van der Waals surface area contributed by atoms with Gasteiger partial charge in [-0.2, -0.15) is 0 Å². The van der Waals surface area contributed by atoms with Gasteiger partial charge in [-0.25, -0.2) is 19.9 Å². The third-order valence-corrected chi connectivity index (χ3v) is 7.48. The number of carbonyl (C=O) groups is 1. The molecule has 5 rings (SSSR count). The highest BCUT2D eigenvalue weighted by Gasteiger charge is 2.26. The van der Waals surface area contributed by atoms with Crippen molar-refractivity contribution >= 4 is 39.4 Å². The molecule has 3 aromatic rings. The SMILES string of the molecule is Cc1nc(N)ncc1-c1nc(N2CCOCC2)nc2c(CN3CCN(C(=O)C(C)O)CC3)csc12. The standard InChI is InChI=1S/C23H30N8O3S/c1-14-17(11-25-22(24)26-14)19-20-18(27-23(28-19)31-7-9-34-10-8-31)16(13-35-20)12-29-3-5-30(6-4-29)21(33)15(2)32/h11,13,15,32H,3-10,12H2,1-2H3,(H2,24,25,26). The van der Waals surface area contributed by atoms with Gasteiger partial charge < -0.3 is 25.4 Å². The summed E-state index contributed by atoms with van der Waals surface area (Å²) in [6, 6.07) is 0. The molecule has 0 saturated carbocycles. The summed E-state index contributed by atoms with van der Waals surface area (Å²) in [5.74, 6) is 0.711. The van der Waals surface area contributed by atoms with Crippen LogP contribution in [0.2, 0.25) is 0 Å². The number of rotatable bonds is 5. The van der Waals surface area contributed by atoms with Crippen molar-refractivity contribution < 1.29 is 14.6 Å². The van der Waals surface area contributed by atoms with Crippen LogP contribution < -0.4 is 10.6 Å². The zero-order chi connectivity index (χ0) is 24.5. The fraction of sp³-hybridized carbons (Fsp3) is 0.522. The molecule has 35 heavy (non-hydrogen) atoms. The van der Waals surface area contributed by atoms with Crippen molar-refractivity contribution in [1.82, 2.24) is 29.7 Å². The number of aliphatic hydroxyl groups is 1. The Hall–Kier alpha value is -2.93. The van der Waals surface area contributed by atoms with E-state index in [-0.39, 0.29) is 11.9 Å². The van der Waals surface area contributed by atoms with Gasteiger partial charge in [0.05, 0.1) is 34.8 Å². The van der Waals surface area contributed by atoms with E-state index < -0.39 is 6.10 Å². The molecule has 12 heteroatoms. The molecule has 0 radical (unpaired) electrons. The Labute approximate surface area is 207 Å². The van der Waals surface area contributed by atoms with Gasteiger partial charge in [-0.15, -0.1) is 11.3 Å². The lowest BCUT2D eigenvalue weighted by Gasteiger charge is -2.35. The molecular formula is C23H30N8O3S. The van der Waals surface area contributed by atoms with Gasteiger partial charge in [0.15, 0.2) is 0 Å². The highest BCUT2D eigenvalue weighted by Crippen LogP contribution is 2.36. The number of nitrogen functional groups attached to an aromatic ring is 1. The molecule has 1 atom stereocenters. The van der Waals surface area contributed by atoms with Crippen LogP contribution in [0.5, 0.6) is 0 Å². The predicted octanol–water partition coefficient (Wildman–Crippen LogP) is 0.901. The third kappa shape index (κ3) is 4.92. The molecule has 0 aromatic carbocycles. The average Bonchev–Trinajstić information content (AvgIpc) is 3.27. The molecule has 2 aliphatic rings. The van der Waals surface area contributed by atoms with Gasteiger partial charge in [-0.05, 0) is 19.2 Å². The van der Waals surface area contributed by atoms with Crippen molar-refractivity contribution in [3.63, 3.8) is 0 Å². The number of hydrogen-bond donors (Lipinski definition) is 2. The molecule has 0 bridgehead atoms. The zero-order valence-corrected chi connectivity index (χ0v) is 20.8. The van der Waals surface area contributed by atoms with Gasteiger partial charge in [0, 0.05) is 63.1 Å². The van der Waals surface area contributed by atoms with Crippen LogP contribution in [0.1, 0.15) is 18.2 Å². The van der Waals surface area contributed by atoms with E-state index in [0.717, 1.165) is 65.5 Å². The Bertz CT molecular complexity index is 1220. The van der Waals surface area contributed by atoms with Crippen LogP contribution in [0, 0.1) is 6.92 Å². The molecule has 2 fully saturated rings. The van der Waals surface area contributed by atoms with Crippen LogP contribution in [-0.2, 0) is 16.1 Å². The van der Waals surface area contributed by atoms with Crippen LogP contribution in [0.15, 0.2) is 11.6 Å². The number of nitrogens with two attached hydrogens (primary N) is 1. The van der Waals surface area contributed by atoms with Gasteiger partial charge in [-0.3, -0.25) is 9.69 Å². The first-order valence-corrected chi connectivity index (χ1v) is 12.7. The van der Waals surface area contributed by atoms with Gasteiger partial charge in [0.25, 0.3) is 5.91 Å². The van der Waals surface area contributed by atoms with Crippen LogP contribution in [0.3, 0.4) is 0 Å². The van der Waals surface area contributed by atoms with Crippen LogP contribution in [0.25, 0.3) is 21.5 Å². The zero-order valence-electron chi connectivity index (χ0n) is 20.0. The van der Waals surface area contributed by atoms with Crippen molar-refractivity contribution in [3.8, 4) is 11.3 Å². The van der Waals surface area contributed by atoms with E-state index in [2.05, 4.69) is 25.1 Å². The second-order valence-corrected chi connectivity index (χ2v) is 9.79. The number of aromatic nitrogens is 4. The van der Waals surface area contributed by atoms with Crippen molar-refractivity contribution in [1.29, 1.82) is 0 Å². The van der Waals surface area contributed by atoms with Crippen molar-refractivity contribution in [2.75, 3.05) is 63.1 Å². The molecule has 186 valence electrons. The Morgan fingerprint density at radius 1 is 1.17 bits per heavy atom. The summed E-state index contributed by atoms with van der Waals surface area (Å²) in [5, 5.41) is 11.8. The highest BCUT2D eigenvalue weighted by atomic mass is 32.1. The number of anilines is 2. The molecule has 2 saturated heterocycles. The maximum absolute atomic E-state index is 12.1. The lowest BCUT2D eigenvalue weighted by atomic mass is 10.1. The fourth-order valence-electron chi connectivity index (χ4n) is 4.50. The Morgan fingerprint density at radius 2 is 1.91 bits per heavy atom. The number of nitrogens with zero attached hydrogens (tertiary/aromatic N) is 7. The number of ether oxygens (including phenoxy) is 1. The first kappa shape index (κ1) is 23.8. The minimum atomic E-state index is -0.961. The van der Waals surface area contributed by atoms with Gasteiger partial charge in [-0.1, -0.05) is 0 Å². The predicted molar refractivity (Wildman–Crippen MR) is 134 cm³/mol. The van der Waals surface area contributed by atoms with Gasteiger partial charge in [0.2, 0.25) is 11.9 Å².